The number of carbonyl (C=O) groups excluding carboxylic acids is 1. The third-order valence-corrected chi connectivity index (χ3v) is 2.05. The molecule has 0 aromatic heterocycles. The van der Waals surface area contributed by atoms with Crippen LogP contribution >= 0.6 is 0 Å². The Balaban J connectivity index is 2.43. The molecule has 82 valence electrons. The molecule has 0 heterocycles. The SMILES string of the molecule is Cc1ccc(C(N)COCC(N)=O)cc1. The number of rotatable bonds is 5. The number of amides is 1. The summed E-state index contributed by atoms with van der Waals surface area (Å²) >= 11 is 0. The molecule has 4 heteroatoms. The molecule has 0 aliphatic rings. The topological polar surface area (TPSA) is 78.3 Å². The van der Waals surface area contributed by atoms with E-state index in [9.17, 15) is 4.79 Å². The molecule has 0 bridgehead atoms. The molecule has 0 aliphatic heterocycles. The number of carbonyl (C=O) groups is 1. The van der Waals surface area contributed by atoms with Gasteiger partial charge in [0.2, 0.25) is 5.91 Å². The van der Waals surface area contributed by atoms with Crippen molar-refractivity contribution in [2.75, 3.05) is 13.2 Å². The molecular formula is C11H16N2O2. The first-order valence-corrected chi connectivity index (χ1v) is 4.78. The lowest BCUT2D eigenvalue weighted by Gasteiger charge is -2.11. The van der Waals surface area contributed by atoms with E-state index in [2.05, 4.69) is 0 Å². The van der Waals surface area contributed by atoms with Gasteiger partial charge in [0.25, 0.3) is 0 Å². The number of aryl methyl sites for hydroxylation is 1. The maximum absolute atomic E-state index is 10.4. The maximum Gasteiger partial charge on any atom is 0.243 e. The predicted octanol–water partition coefficient (Wildman–Crippen LogP) is 0.497. The van der Waals surface area contributed by atoms with Gasteiger partial charge >= 0.3 is 0 Å². The third-order valence-electron chi connectivity index (χ3n) is 2.05. The first-order valence-electron chi connectivity index (χ1n) is 4.78. The second-order valence-electron chi connectivity index (χ2n) is 3.50. The van der Waals surface area contributed by atoms with Crippen molar-refractivity contribution in [3.05, 3.63) is 35.4 Å². The van der Waals surface area contributed by atoms with Crippen LogP contribution in [0.15, 0.2) is 24.3 Å². The number of nitrogens with two attached hydrogens (primary N) is 2. The maximum atomic E-state index is 10.4. The van der Waals surface area contributed by atoms with Gasteiger partial charge in [-0.25, -0.2) is 0 Å². The highest BCUT2D eigenvalue weighted by atomic mass is 16.5. The Morgan fingerprint density at radius 3 is 2.53 bits per heavy atom. The highest BCUT2D eigenvalue weighted by molar-refractivity contribution is 5.74. The summed E-state index contributed by atoms with van der Waals surface area (Å²) in [6.07, 6.45) is 0. The molecule has 0 aliphatic carbocycles. The first kappa shape index (κ1) is 11.7. The smallest absolute Gasteiger partial charge is 0.243 e. The second kappa shape index (κ2) is 5.48. The van der Waals surface area contributed by atoms with E-state index >= 15 is 0 Å². The molecule has 0 saturated carbocycles. The van der Waals surface area contributed by atoms with Gasteiger partial charge in [0.15, 0.2) is 0 Å². The van der Waals surface area contributed by atoms with Gasteiger partial charge in [-0.1, -0.05) is 29.8 Å². The monoisotopic (exact) mass is 208 g/mol. The van der Waals surface area contributed by atoms with E-state index in [4.69, 9.17) is 16.2 Å². The number of hydrogen-bond acceptors (Lipinski definition) is 3. The minimum absolute atomic E-state index is 0.0838. The lowest BCUT2D eigenvalue weighted by Crippen LogP contribution is -2.23. The molecule has 4 N–H and O–H groups in total. The van der Waals surface area contributed by atoms with E-state index in [1.807, 2.05) is 31.2 Å². The highest BCUT2D eigenvalue weighted by Crippen LogP contribution is 2.11. The Hall–Kier alpha value is -1.39. The van der Waals surface area contributed by atoms with E-state index < -0.39 is 5.91 Å². The molecule has 15 heavy (non-hydrogen) atoms. The quantitative estimate of drug-likeness (QED) is 0.739. The number of benzene rings is 1. The van der Waals surface area contributed by atoms with Crippen LogP contribution in [0.25, 0.3) is 0 Å². The number of hydrogen-bond donors (Lipinski definition) is 2. The minimum Gasteiger partial charge on any atom is -0.370 e. The summed E-state index contributed by atoms with van der Waals surface area (Å²) < 4.78 is 5.04. The van der Waals surface area contributed by atoms with Crippen LogP contribution in [-0.4, -0.2) is 19.1 Å². The van der Waals surface area contributed by atoms with Gasteiger partial charge in [-0.2, -0.15) is 0 Å². The largest absolute Gasteiger partial charge is 0.370 e. The molecular weight excluding hydrogens is 192 g/mol. The van der Waals surface area contributed by atoms with Crippen LogP contribution in [0, 0.1) is 6.92 Å². The van der Waals surface area contributed by atoms with Crippen LogP contribution in [0.2, 0.25) is 0 Å². The van der Waals surface area contributed by atoms with E-state index in [0.29, 0.717) is 6.61 Å². The van der Waals surface area contributed by atoms with Gasteiger partial charge in [-0.3, -0.25) is 4.79 Å². The van der Waals surface area contributed by atoms with Gasteiger partial charge in [-0.15, -0.1) is 0 Å². The fourth-order valence-electron chi connectivity index (χ4n) is 1.20. The molecule has 1 aromatic rings. The van der Waals surface area contributed by atoms with E-state index in [1.165, 1.54) is 5.56 Å². The van der Waals surface area contributed by atoms with Crippen molar-refractivity contribution in [1.82, 2.24) is 0 Å². The van der Waals surface area contributed by atoms with Crippen LogP contribution in [0.5, 0.6) is 0 Å². The van der Waals surface area contributed by atoms with Crippen molar-refractivity contribution in [2.45, 2.75) is 13.0 Å². The lowest BCUT2D eigenvalue weighted by atomic mass is 10.1. The molecule has 1 rings (SSSR count). The fourth-order valence-corrected chi connectivity index (χ4v) is 1.20. The van der Waals surface area contributed by atoms with Gasteiger partial charge in [-0.05, 0) is 12.5 Å². The first-order chi connectivity index (χ1) is 7.09. The van der Waals surface area contributed by atoms with Crippen molar-refractivity contribution < 1.29 is 9.53 Å². The standard InChI is InChI=1S/C11H16N2O2/c1-8-2-4-9(5-3-8)10(12)6-15-7-11(13)14/h2-5,10H,6-7,12H2,1H3,(H2,13,14). The minimum atomic E-state index is -0.480. The Morgan fingerprint density at radius 1 is 1.40 bits per heavy atom. The Bertz CT molecular complexity index is 322. The zero-order chi connectivity index (χ0) is 11.3. The van der Waals surface area contributed by atoms with Crippen molar-refractivity contribution >= 4 is 5.91 Å². The van der Waals surface area contributed by atoms with Crippen molar-refractivity contribution in [3.63, 3.8) is 0 Å². The van der Waals surface area contributed by atoms with E-state index in [1.54, 1.807) is 0 Å². The van der Waals surface area contributed by atoms with E-state index in [-0.39, 0.29) is 12.6 Å². The molecule has 1 aromatic carbocycles. The van der Waals surface area contributed by atoms with Crippen LogP contribution in [0.1, 0.15) is 17.2 Å². The molecule has 0 saturated heterocycles. The van der Waals surface area contributed by atoms with Gasteiger partial charge in [0.1, 0.15) is 6.61 Å². The Morgan fingerprint density at radius 2 is 2.00 bits per heavy atom. The summed E-state index contributed by atoms with van der Waals surface area (Å²) in [6, 6.07) is 7.67. The van der Waals surface area contributed by atoms with E-state index in [0.717, 1.165) is 5.56 Å². The number of primary amides is 1. The lowest BCUT2D eigenvalue weighted by molar-refractivity contribution is -0.122. The van der Waals surface area contributed by atoms with Crippen molar-refractivity contribution in [3.8, 4) is 0 Å². The molecule has 0 fully saturated rings. The van der Waals surface area contributed by atoms with Crippen LogP contribution in [0.4, 0.5) is 0 Å². The average molecular weight is 208 g/mol. The summed E-state index contributed by atoms with van der Waals surface area (Å²) in [5.41, 5.74) is 13.0. The van der Waals surface area contributed by atoms with Crippen LogP contribution < -0.4 is 11.5 Å². The Kier molecular flexibility index (Phi) is 4.27. The zero-order valence-electron chi connectivity index (χ0n) is 8.77. The average Bonchev–Trinajstić information content (AvgIpc) is 2.18. The Labute approximate surface area is 89.2 Å². The van der Waals surface area contributed by atoms with Gasteiger partial charge in [0, 0.05) is 0 Å². The molecule has 1 unspecified atom stereocenters. The normalized spacial score (nSPS) is 12.4. The zero-order valence-corrected chi connectivity index (χ0v) is 8.77. The summed E-state index contributed by atoms with van der Waals surface area (Å²) in [5, 5.41) is 0. The van der Waals surface area contributed by atoms with Crippen molar-refractivity contribution in [1.29, 1.82) is 0 Å². The summed E-state index contributed by atoms with van der Waals surface area (Å²) in [6.45, 7) is 2.23. The second-order valence-corrected chi connectivity index (χ2v) is 3.50. The molecule has 4 nitrogen and oxygen atoms in total. The highest BCUT2D eigenvalue weighted by Gasteiger charge is 2.06. The van der Waals surface area contributed by atoms with Crippen LogP contribution in [0.3, 0.4) is 0 Å². The van der Waals surface area contributed by atoms with Gasteiger partial charge < -0.3 is 16.2 Å². The van der Waals surface area contributed by atoms with Crippen molar-refractivity contribution in [2.24, 2.45) is 11.5 Å². The predicted molar refractivity (Wildman–Crippen MR) is 58.1 cm³/mol. The molecule has 0 radical (unpaired) electrons. The van der Waals surface area contributed by atoms with Crippen LogP contribution in [-0.2, 0) is 9.53 Å². The summed E-state index contributed by atoms with van der Waals surface area (Å²) in [4.78, 5) is 10.4. The fraction of sp³-hybridized carbons (Fsp3) is 0.364. The molecule has 1 amide bonds. The third kappa shape index (κ3) is 4.10. The summed E-state index contributed by atoms with van der Waals surface area (Å²) in [7, 11) is 0. The number of ether oxygens (including phenoxy) is 1. The van der Waals surface area contributed by atoms with Gasteiger partial charge in [0.05, 0.1) is 12.6 Å². The molecule has 1 atom stereocenters. The molecule has 0 spiro atoms. The summed E-state index contributed by atoms with van der Waals surface area (Å²) in [5.74, 6) is -0.480.